The summed E-state index contributed by atoms with van der Waals surface area (Å²) < 4.78 is 5.36. The molecule has 0 aliphatic rings. The number of amides is 1. The predicted molar refractivity (Wildman–Crippen MR) is 100 cm³/mol. The van der Waals surface area contributed by atoms with Crippen LogP contribution in [0.25, 0.3) is 11.4 Å². The third-order valence-electron chi connectivity index (χ3n) is 4.27. The Kier molecular flexibility index (Phi) is 5.44. The zero-order chi connectivity index (χ0) is 20.3. The Labute approximate surface area is 161 Å². The van der Waals surface area contributed by atoms with Crippen molar-refractivity contribution in [2.75, 3.05) is 0 Å². The van der Waals surface area contributed by atoms with E-state index in [2.05, 4.69) is 20.4 Å². The molecule has 0 saturated heterocycles. The van der Waals surface area contributed by atoms with Crippen molar-refractivity contribution < 1.29 is 14.2 Å². The Hall–Kier alpha value is -3.62. The number of hydrogen-bond donors (Lipinski definition) is 1. The summed E-state index contributed by atoms with van der Waals surface area (Å²) in [6.07, 6.45) is 3.24. The van der Waals surface area contributed by atoms with Crippen LogP contribution in [0, 0.1) is 23.0 Å². The van der Waals surface area contributed by atoms with Crippen LogP contribution in [-0.2, 0) is 0 Å². The number of hydrogen-bond acceptors (Lipinski definition) is 7. The zero-order valence-corrected chi connectivity index (χ0v) is 15.6. The standard InChI is InChI=1S/C19H19N5O4/c1-11(2)16(19-22-17(23-28-19)13-6-8-20-9-7-13)21-18(25)14-5-4-12(3)15(10-14)24(26)27/h4-11,16H,1-3H3,(H,21,25). The van der Waals surface area contributed by atoms with E-state index in [1.165, 1.54) is 6.07 Å². The van der Waals surface area contributed by atoms with Gasteiger partial charge in [-0.05, 0) is 31.0 Å². The van der Waals surface area contributed by atoms with Gasteiger partial charge in [-0.15, -0.1) is 0 Å². The molecule has 1 unspecified atom stereocenters. The van der Waals surface area contributed by atoms with Crippen molar-refractivity contribution in [3.8, 4) is 11.4 Å². The highest BCUT2D eigenvalue weighted by Crippen LogP contribution is 2.25. The number of pyridine rings is 1. The summed E-state index contributed by atoms with van der Waals surface area (Å²) >= 11 is 0. The minimum absolute atomic E-state index is 0.0462. The summed E-state index contributed by atoms with van der Waals surface area (Å²) in [5.74, 6) is 0.153. The van der Waals surface area contributed by atoms with Crippen molar-refractivity contribution in [1.82, 2.24) is 20.4 Å². The Balaban J connectivity index is 1.84. The lowest BCUT2D eigenvalue weighted by Gasteiger charge is -2.18. The molecule has 2 heterocycles. The number of aryl methyl sites for hydroxylation is 1. The van der Waals surface area contributed by atoms with Crippen molar-refractivity contribution in [3.05, 3.63) is 69.9 Å². The molecule has 1 atom stereocenters. The third-order valence-corrected chi connectivity index (χ3v) is 4.27. The molecule has 144 valence electrons. The highest BCUT2D eigenvalue weighted by atomic mass is 16.6. The maximum atomic E-state index is 12.7. The molecule has 2 aromatic heterocycles. The van der Waals surface area contributed by atoms with Crippen LogP contribution in [0.5, 0.6) is 0 Å². The zero-order valence-electron chi connectivity index (χ0n) is 15.6. The third kappa shape index (κ3) is 4.03. The molecule has 0 radical (unpaired) electrons. The lowest BCUT2D eigenvalue weighted by atomic mass is 10.0. The number of carbonyl (C=O) groups excluding carboxylic acids is 1. The van der Waals surface area contributed by atoms with Gasteiger partial charge in [0.05, 0.1) is 4.92 Å². The van der Waals surface area contributed by atoms with Gasteiger partial charge in [-0.2, -0.15) is 4.98 Å². The Bertz CT molecular complexity index is 1000. The van der Waals surface area contributed by atoms with Crippen LogP contribution in [0.1, 0.15) is 41.7 Å². The highest BCUT2D eigenvalue weighted by Gasteiger charge is 2.26. The molecule has 3 aromatic rings. The van der Waals surface area contributed by atoms with Gasteiger partial charge in [0.2, 0.25) is 11.7 Å². The number of nitro benzene ring substituents is 1. The summed E-state index contributed by atoms with van der Waals surface area (Å²) in [5.41, 5.74) is 1.32. The summed E-state index contributed by atoms with van der Waals surface area (Å²) in [5, 5.41) is 17.9. The molecule has 0 spiro atoms. The quantitative estimate of drug-likeness (QED) is 0.512. The van der Waals surface area contributed by atoms with Gasteiger partial charge in [0.25, 0.3) is 11.6 Å². The molecule has 0 aliphatic carbocycles. The van der Waals surface area contributed by atoms with Gasteiger partial charge in [-0.1, -0.05) is 25.1 Å². The Morgan fingerprint density at radius 1 is 1.21 bits per heavy atom. The molecule has 28 heavy (non-hydrogen) atoms. The minimum Gasteiger partial charge on any atom is -0.340 e. The first-order valence-electron chi connectivity index (χ1n) is 8.66. The van der Waals surface area contributed by atoms with Crippen LogP contribution >= 0.6 is 0 Å². The summed E-state index contributed by atoms with van der Waals surface area (Å²) in [4.78, 5) is 31.6. The van der Waals surface area contributed by atoms with Crippen molar-refractivity contribution in [2.45, 2.75) is 26.8 Å². The minimum atomic E-state index is -0.545. The smallest absolute Gasteiger partial charge is 0.273 e. The first kappa shape index (κ1) is 19.2. The molecular formula is C19H19N5O4. The Morgan fingerprint density at radius 3 is 2.57 bits per heavy atom. The number of nitro groups is 1. The SMILES string of the molecule is Cc1ccc(C(=O)NC(c2nc(-c3ccncc3)no2)C(C)C)cc1[N+](=O)[O-]. The largest absolute Gasteiger partial charge is 0.340 e. The molecule has 9 nitrogen and oxygen atoms in total. The molecule has 0 fully saturated rings. The summed E-state index contributed by atoms with van der Waals surface area (Å²) in [6, 6.07) is 7.32. The second-order valence-corrected chi connectivity index (χ2v) is 6.65. The molecule has 9 heteroatoms. The molecule has 0 saturated carbocycles. The van der Waals surface area contributed by atoms with E-state index in [1.54, 1.807) is 43.6 Å². The van der Waals surface area contributed by atoms with E-state index >= 15 is 0 Å². The van der Waals surface area contributed by atoms with E-state index in [-0.39, 0.29) is 23.1 Å². The maximum Gasteiger partial charge on any atom is 0.273 e. The number of rotatable bonds is 6. The van der Waals surface area contributed by atoms with Crippen LogP contribution in [0.3, 0.4) is 0 Å². The van der Waals surface area contributed by atoms with E-state index in [1.807, 2.05) is 13.8 Å². The van der Waals surface area contributed by atoms with Gasteiger partial charge >= 0.3 is 0 Å². The summed E-state index contributed by atoms with van der Waals surface area (Å²) in [7, 11) is 0. The topological polar surface area (TPSA) is 124 Å². The number of aromatic nitrogens is 3. The lowest BCUT2D eigenvalue weighted by molar-refractivity contribution is -0.385. The van der Waals surface area contributed by atoms with Crippen molar-refractivity contribution in [3.63, 3.8) is 0 Å². The second kappa shape index (κ2) is 7.95. The average Bonchev–Trinajstić information content (AvgIpc) is 3.16. The molecule has 0 aliphatic heterocycles. The number of benzene rings is 1. The second-order valence-electron chi connectivity index (χ2n) is 6.65. The van der Waals surface area contributed by atoms with Crippen LogP contribution in [-0.4, -0.2) is 26.0 Å². The Morgan fingerprint density at radius 2 is 1.93 bits per heavy atom. The fourth-order valence-corrected chi connectivity index (χ4v) is 2.67. The maximum absolute atomic E-state index is 12.7. The van der Waals surface area contributed by atoms with Gasteiger partial charge in [-0.25, -0.2) is 0 Å². The van der Waals surface area contributed by atoms with E-state index in [9.17, 15) is 14.9 Å². The molecule has 3 rings (SSSR count). The number of nitrogens with one attached hydrogen (secondary N) is 1. The van der Waals surface area contributed by atoms with Gasteiger partial charge in [-0.3, -0.25) is 19.9 Å². The molecule has 1 aromatic carbocycles. The van der Waals surface area contributed by atoms with E-state index in [0.717, 1.165) is 5.56 Å². The van der Waals surface area contributed by atoms with Gasteiger partial charge in [0, 0.05) is 35.2 Å². The highest BCUT2D eigenvalue weighted by molar-refractivity contribution is 5.95. The first-order valence-corrected chi connectivity index (χ1v) is 8.66. The van der Waals surface area contributed by atoms with Gasteiger partial charge in [0.15, 0.2) is 0 Å². The monoisotopic (exact) mass is 381 g/mol. The fraction of sp³-hybridized carbons (Fsp3) is 0.263. The lowest BCUT2D eigenvalue weighted by Crippen LogP contribution is -2.32. The number of nitrogens with zero attached hydrogens (tertiary/aromatic N) is 4. The first-order chi connectivity index (χ1) is 13.4. The van der Waals surface area contributed by atoms with Gasteiger partial charge < -0.3 is 9.84 Å². The van der Waals surface area contributed by atoms with Crippen molar-refractivity contribution in [1.29, 1.82) is 0 Å². The average molecular weight is 381 g/mol. The van der Waals surface area contributed by atoms with E-state index < -0.39 is 16.9 Å². The summed E-state index contributed by atoms with van der Waals surface area (Å²) in [6.45, 7) is 5.42. The predicted octanol–water partition coefficient (Wildman–Crippen LogP) is 3.48. The van der Waals surface area contributed by atoms with Crippen molar-refractivity contribution in [2.24, 2.45) is 5.92 Å². The van der Waals surface area contributed by atoms with Crippen LogP contribution < -0.4 is 5.32 Å². The van der Waals surface area contributed by atoms with Gasteiger partial charge in [0.1, 0.15) is 6.04 Å². The van der Waals surface area contributed by atoms with E-state index in [0.29, 0.717) is 11.4 Å². The van der Waals surface area contributed by atoms with E-state index in [4.69, 9.17) is 4.52 Å². The molecule has 0 bridgehead atoms. The normalized spacial score (nSPS) is 12.0. The van der Waals surface area contributed by atoms with Crippen LogP contribution in [0.4, 0.5) is 5.69 Å². The molecular weight excluding hydrogens is 362 g/mol. The fourth-order valence-electron chi connectivity index (χ4n) is 2.67. The van der Waals surface area contributed by atoms with Crippen molar-refractivity contribution >= 4 is 11.6 Å². The molecule has 1 amide bonds. The van der Waals surface area contributed by atoms with Crippen LogP contribution in [0.15, 0.2) is 47.2 Å². The number of carbonyl (C=O) groups is 1. The van der Waals surface area contributed by atoms with Crippen LogP contribution in [0.2, 0.25) is 0 Å². The molecule has 1 N–H and O–H groups in total.